The van der Waals surface area contributed by atoms with Crippen LogP contribution in [0.4, 0.5) is 5.69 Å². The number of anilines is 1. The van der Waals surface area contributed by atoms with Crippen LogP contribution in [-0.4, -0.2) is 9.97 Å². The van der Waals surface area contributed by atoms with Crippen LogP contribution in [0.5, 0.6) is 11.6 Å². The van der Waals surface area contributed by atoms with E-state index >= 15 is 0 Å². The third-order valence-corrected chi connectivity index (χ3v) is 2.32. The van der Waals surface area contributed by atoms with Crippen LogP contribution in [-0.2, 0) is 0 Å². The van der Waals surface area contributed by atoms with Crippen molar-refractivity contribution < 1.29 is 4.74 Å². The number of hydrogen-bond acceptors (Lipinski definition) is 4. The molecule has 0 saturated heterocycles. The molecule has 1 aromatic heterocycles. The minimum atomic E-state index is 0.505. The molecule has 0 atom stereocenters. The number of halogens is 1. The van der Waals surface area contributed by atoms with Gasteiger partial charge in [-0.05, 0) is 19.1 Å². The highest BCUT2D eigenvalue weighted by Crippen LogP contribution is 2.26. The van der Waals surface area contributed by atoms with E-state index in [0.717, 1.165) is 4.47 Å². The Morgan fingerprint density at radius 3 is 2.81 bits per heavy atom. The second kappa shape index (κ2) is 4.49. The Labute approximate surface area is 102 Å². The molecular formula is C11H10BrN3O. The Kier molecular flexibility index (Phi) is 3.05. The largest absolute Gasteiger partial charge is 0.439 e. The van der Waals surface area contributed by atoms with Crippen LogP contribution in [0.15, 0.2) is 34.9 Å². The fourth-order valence-corrected chi connectivity index (χ4v) is 1.75. The van der Waals surface area contributed by atoms with Crippen LogP contribution in [0.2, 0.25) is 0 Å². The van der Waals surface area contributed by atoms with Crippen LogP contribution in [0.3, 0.4) is 0 Å². The normalized spacial score (nSPS) is 10.1. The molecule has 1 aromatic carbocycles. The Morgan fingerprint density at radius 2 is 2.12 bits per heavy atom. The first-order valence-corrected chi connectivity index (χ1v) is 5.46. The molecule has 82 valence electrons. The van der Waals surface area contributed by atoms with E-state index in [9.17, 15) is 0 Å². The third-order valence-electron chi connectivity index (χ3n) is 1.87. The number of aromatic nitrogens is 2. The average molecular weight is 280 g/mol. The second-order valence-corrected chi connectivity index (χ2v) is 4.18. The number of nitrogens with two attached hydrogens (primary N) is 1. The van der Waals surface area contributed by atoms with E-state index in [-0.39, 0.29) is 0 Å². The molecule has 2 rings (SSSR count). The van der Waals surface area contributed by atoms with E-state index in [1.54, 1.807) is 24.4 Å². The van der Waals surface area contributed by atoms with Gasteiger partial charge in [-0.2, -0.15) is 4.98 Å². The van der Waals surface area contributed by atoms with Crippen LogP contribution in [0.1, 0.15) is 5.82 Å². The third kappa shape index (κ3) is 2.70. The Morgan fingerprint density at radius 1 is 1.31 bits per heavy atom. The second-order valence-electron chi connectivity index (χ2n) is 3.26. The van der Waals surface area contributed by atoms with Crippen molar-refractivity contribution in [2.75, 3.05) is 5.73 Å². The number of hydrogen-bond donors (Lipinski definition) is 1. The number of nitrogens with zero attached hydrogens (tertiary/aromatic N) is 2. The summed E-state index contributed by atoms with van der Waals surface area (Å²) in [6.07, 6.45) is 1.65. The molecular weight excluding hydrogens is 270 g/mol. The lowest BCUT2D eigenvalue weighted by Crippen LogP contribution is -1.93. The van der Waals surface area contributed by atoms with E-state index in [2.05, 4.69) is 25.9 Å². The highest BCUT2D eigenvalue weighted by molar-refractivity contribution is 9.10. The first-order valence-electron chi connectivity index (χ1n) is 4.67. The molecule has 5 heteroatoms. The predicted molar refractivity (Wildman–Crippen MR) is 65.4 cm³/mol. The van der Waals surface area contributed by atoms with Crippen LogP contribution in [0, 0.1) is 6.92 Å². The average Bonchev–Trinajstić information content (AvgIpc) is 2.15. The minimum absolute atomic E-state index is 0.505. The highest BCUT2D eigenvalue weighted by atomic mass is 79.9. The van der Waals surface area contributed by atoms with Gasteiger partial charge in [0.1, 0.15) is 11.6 Å². The van der Waals surface area contributed by atoms with Gasteiger partial charge in [0.05, 0.1) is 0 Å². The number of benzene rings is 1. The van der Waals surface area contributed by atoms with Gasteiger partial charge < -0.3 is 10.5 Å². The van der Waals surface area contributed by atoms with Crippen LogP contribution < -0.4 is 10.5 Å². The van der Waals surface area contributed by atoms with E-state index in [4.69, 9.17) is 10.5 Å². The summed E-state index contributed by atoms with van der Waals surface area (Å²) in [5, 5.41) is 0. The summed E-state index contributed by atoms with van der Waals surface area (Å²) in [5.74, 6) is 1.82. The van der Waals surface area contributed by atoms with Crippen molar-refractivity contribution in [3.05, 3.63) is 40.8 Å². The molecule has 2 N–H and O–H groups in total. The molecule has 0 radical (unpaired) electrons. The number of rotatable bonds is 2. The topological polar surface area (TPSA) is 61.0 Å². The summed E-state index contributed by atoms with van der Waals surface area (Å²) in [6, 6.07) is 7.07. The Hall–Kier alpha value is -1.62. The summed E-state index contributed by atoms with van der Waals surface area (Å²) in [7, 11) is 0. The maximum absolute atomic E-state index is 5.70. The zero-order valence-electron chi connectivity index (χ0n) is 8.64. The molecule has 0 saturated carbocycles. The molecule has 0 unspecified atom stereocenters. The van der Waals surface area contributed by atoms with Gasteiger partial charge in [0.15, 0.2) is 0 Å². The zero-order chi connectivity index (χ0) is 11.5. The van der Waals surface area contributed by atoms with Crippen molar-refractivity contribution in [2.45, 2.75) is 6.92 Å². The van der Waals surface area contributed by atoms with Gasteiger partial charge in [-0.1, -0.05) is 15.9 Å². The first kappa shape index (κ1) is 10.9. The van der Waals surface area contributed by atoms with Crippen molar-refractivity contribution in [2.24, 2.45) is 0 Å². The first-order chi connectivity index (χ1) is 7.63. The monoisotopic (exact) mass is 279 g/mol. The van der Waals surface area contributed by atoms with Gasteiger partial charge in [-0.25, -0.2) is 4.98 Å². The Balaban J connectivity index is 2.27. The van der Waals surface area contributed by atoms with Gasteiger partial charge >= 0.3 is 0 Å². The molecule has 16 heavy (non-hydrogen) atoms. The molecule has 0 amide bonds. The van der Waals surface area contributed by atoms with Crippen LogP contribution in [0.25, 0.3) is 0 Å². The lowest BCUT2D eigenvalue weighted by molar-refractivity contribution is 0.460. The molecule has 0 aliphatic carbocycles. The molecule has 0 bridgehead atoms. The van der Waals surface area contributed by atoms with Gasteiger partial charge in [0.25, 0.3) is 0 Å². The standard InChI is InChI=1S/C11H10BrN3O/c1-7-14-3-2-11(15-7)16-10-5-8(12)4-9(13)6-10/h2-6H,13H2,1H3. The molecule has 0 aliphatic heterocycles. The molecule has 0 fully saturated rings. The lowest BCUT2D eigenvalue weighted by Gasteiger charge is -2.06. The summed E-state index contributed by atoms with van der Waals surface area (Å²) >= 11 is 3.35. The van der Waals surface area contributed by atoms with Gasteiger partial charge in [-0.15, -0.1) is 0 Å². The predicted octanol–water partition coefficient (Wildman–Crippen LogP) is 2.92. The number of aryl methyl sites for hydroxylation is 1. The molecule has 0 aliphatic rings. The summed E-state index contributed by atoms with van der Waals surface area (Å²) in [5.41, 5.74) is 6.33. The highest BCUT2D eigenvalue weighted by Gasteiger charge is 2.01. The maximum atomic E-state index is 5.70. The minimum Gasteiger partial charge on any atom is -0.439 e. The SMILES string of the molecule is Cc1nccc(Oc2cc(N)cc(Br)c2)n1. The lowest BCUT2D eigenvalue weighted by atomic mass is 10.3. The fraction of sp³-hybridized carbons (Fsp3) is 0.0909. The quantitative estimate of drug-likeness (QED) is 0.859. The zero-order valence-corrected chi connectivity index (χ0v) is 10.2. The van der Waals surface area contributed by atoms with E-state index in [1.165, 1.54) is 0 Å². The maximum Gasteiger partial charge on any atom is 0.222 e. The van der Waals surface area contributed by atoms with Crippen molar-refractivity contribution in [3.63, 3.8) is 0 Å². The van der Waals surface area contributed by atoms with Gasteiger partial charge in [0, 0.05) is 28.5 Å². The number of ether oxygens (including phenoxy) is 1. The van der Waals surface area contributed by atoms with Gasteiger partial charge in [0.2, 0.25) is 5.88 Å². The van der Waals surface area contributed by atoms with Crippen molar-refractivity contribution in [1.82, 2.24) is 9.97 Å². The molecule has 1 heterocycles. The summed E-state index contributed by atoms with van der Waals surface area (Å²) in [4.78, 5) is 8.13. The van der Waals surface area contributed by atoms with E-state index < -0.39 is 0 Å². The molecule has 0 spiro atoms. The van der Waals surface area contributed by atoms with Crippen LogP contribution >= 0.6 is 15.9 Å². The van der Waals surface area contributed by atoms with E-state index in [1.807, 2.05) is 13.0 Å². The smallest absolute Gasteiger partial charge is 0.222 e. The molecule has 2 aromatic rings. The summed E-state index contributed by atoms with van der Waals surface area (Å²) < 4.78 is 6.43. The number of nitrogen functional groups attached to an aromatic ring is 1. The van der Waals surface area contributed by atoms with Crippen molar-refractivity contribution >= 4 is 21.6 Å². The fourth-order valence-electron chi connectivity index (χ4n) is 1.26. The van der Waals surface area contributed by atoms with E-state index in [0.29, 0.717) is 23.1 Å². The summed E-state index contributed by atoms with van der Waals surface area (Å²) in [6.45, 7) is 1.81. The van der Waals surface area contributed by atoms with Crippen molar-refractivity contribution in [1.29, 1.82) is 0 Å². The Bertz CT molecular complexity index is 496. The molecule has 4 nitrogen and oxygen atoms in total. The van der Waals surface area contributed by atoms with Gasteiger partial charge in [-0.3, -0.25) is 0 Å². The van der Waals surface area contributed by atoms with Crippen molar-refractivity contribution in [3.8, 4) is 11.6 Å².